The van der Waals surface area contributed by atoms with Crippen molar-refractivity contribution in [2.45, 2.75) is 20.8 Å². The molecule has 4 nitrogen and oxygen atoms in total. The summed E-state index contributed by atoms with van der Waals surface area (Å²) in [6.07, 6.45) is 5.19. The van der Waals surface area contributed by atoms with E-state index in [2.05, 4.69) is 67.5 Å². The van der Waals surface area contributed by atoms with Gasteiger partial charge in [0.25, 0.3) is 0 Å². The van der Waals surface area contributed by atoms with Crippen LogP contribution in [0.25, 0.3) is 28.1 Å². The quantitative estimate of drug-likeness (QED) is 0.404. The van der Waals surface area contributed by atoms with Gasteiger partial charge in [-0.05, 0) is 61.2 Å². The van der Waals surface area contributed by atoms with E-state index in [1.54, 1.807) is 0 Å². The molecule has 0 unspecified atom stereocenters. The van der Waals surface area contributed by atoms with Crippen LogP contribution in [0.5, 0.6) is 0 Å². The maximum atomic E-state index is 8.81. The number of allylic oxidation sites excluding steroid dienone is 1. The minimum atomic E-state index is 0.572. The molecular weight excluding hydrogens is 368 g/mol. The molecule has 0 spiro atoms. The van der Waals surface area contributed by atoms with Gasteiger partial charge in [0.1, 0.15) is 0 Å². The first-order chi connectivity index (χ1) is 14.5. The number of hydrogen-bond acceptors (Lipinski definition) is 4. The van der Waals surface area contributed by atoms with Crippen molar-refractivity contribution in [1.29, 1.82) is 5.26 Å². The summed E-state index contributed by atoms with van der Waals surface area (Å²) in [7, 11) is 0. The molecule has 0 aliphatic rings. The Hall–Kier alpha value is -3.97. The SMILES string of the molecule is Cc1ccc(Nc2ncc3cccc(-c4c(C)cc(/C=C/C#N)cc4C)c3n2)cc1. The monoisotopic (exact) mass is 390 g/mol. The number of benzene rings is 3. The summed E-state index contributed by atoms with van der Waals surface area (Å²) >= 11 is 0. The summed E-state index contributed by atoms with van der Waals surface area (Å²) in [5, 5.41) is 13.1. The van der Waals surface area contributed by atoms with Gasteiger partial charge < -0.3 is 5.32 Å². The Morgan fingerprint density at radius 2 is 1.70 bits per heavy atom. The van der Waals surface area contributed by atoms with Crippen LogP contribution in [-0.4, -0.2) is 9.97 Å². The van der Waals surface area contributed by atoms with E-state index in [1.165, 1.54) is 11.6 Å². The summed E-state index contributed by atoms with van der Waals surface area (Å²) in [5.74, 6) is 0.572. The van der Waals surface area contributed by atoms with Crippen LogP contribution in [0.3, 0.4) is 0 Å². The lowest BCUT2D eigenvalue weighted by Crippen LogP contribution is -1.99. The van der Waals surface area contributed by atoms with Crippen LogP contribution in [0, 0.1) is 32.1 Å². The van der Waals surface area contributed by atoms with E-state index < -0.39 is 0 Å². The van der Waals surface area contributed by atoms with Gasteiger partial charge in [0.2, 0.25) is 5.95 Å². The molecule has 146 valence electrons. The van der Waals surface area contributed by atoms with Gasteiger partial charge in [-0.15, -0.1) is 0 Å². The van der Waals surface area contributed by atoms with Gasteiger partial charge in [0.15, 0.2) is 0 Å². The fourth-order valence-electron chi connectivity index (χ4n) is 3.74. The smallest absolute Gasteiger partial charge is 0.227 e. The molecule has 0 saturated heterocycles. The van der Waals surface area contributed by atoms with Crippen molar-refractivity contribution in [2.24, 2.45) is 0 Å². The number of anilines is 2. The second kappa shape index (κ2) is 8.18. The van der Waals surface area contributed by atoms with Crippen molar-refractivity contribution < 1.29 is 0 Å². The minimum absolute atomic E-state index is 0.572. The van der Waals surface area contributed by atoms with Crippen molar-refractivity contribution in [3.8, 4) is 17.2 Å². The van der Waals surface area contributed by atoms with Crippen LogP contribution in [-0.2, 0) is 0 Å². The van der Waals surface area contributed by atoms with E-state index in [0.717, 1.165) is 44.4 Å². The predicted molar refractivity (Wildman–Crippen MR) is 124 cm³/mol. The highest BCUT2D eigenvalue weighted by atomic mass is 15.1. The van der Waals surface area contributed by atoms with Gasteiger partial charge in [-0.2, -0.15) is 5.26 Å². The number of aromatic nitrogens is 2. The predicted octanol–water partition coefficient (Wildman–Crippen LogP) is 6.50. The summed E-state index contributed by atoms with van der Waals surface area (Å²) in [6, 6.07) is 20.6. The van der Waals surface area contributed by atoms with Crippen molar-refractivity contribution in [3.63, 3.8) is 0 Å². The van der Waals surface area contributed by atoms with E-state index in [0.29, 0.717) is 5.95 Å². The molecule has 0 atom stereocenters. The standard InChI is InChI=1S/C26H22N4/c1-17-9-11-22(12-10-17)29-26-28-16-21-7-4-8-23(25(21)30-26)24-18(2)14-20(6-5-13-27)15-19(24)3/h4-12,14-16H,1-3H3,(H,28,29,30)/b6-5+. The molecule has 0 saturated carbocycles. The highest BCUT2D eigenvalue weighted by Crippen LogP contribution is 2.34. The third kappa shape index (κ3) is 3.92. The maximum Gasteiger partial charge on any atom is 0.227 e. The first kappa shape index (κ1) is 19.4. The first-order valence-corrected chi connectivity index (χ1v) is 9.82. The highest BCUT2D eigenvalue weighted by Gasteiger charge is 2.12. The maximum absolute atomic E-state index is 8.81. The number of nitrogens with zero attached hydrogens (tertiary/aromatic N) is 3. The van der Waals surface area contributed by atoms with Crippen LogP contribution in [0.15, 0.2) is 66.9 Å². The van der Waals surface area contributed by atoms with Crippen LogP contribution in [0.1, 0.15) is 22.3 Å². The molecule has 4 aromatic rings. The zero-order valence-corrected chi connectivity index (χ0v) is 17.3. The van der Waals surface area contributed by atoms with Crippen LogP contribution < -0.4 is 5.32 Å². The molecule has 1 aromatic heterocycles. The fourth-order valence-corrected chi connectivity index (χ4v) is 3.74. The Morgan fingerprint density at radius 3 is 2.40 bits per heavy atom. The zero-order chi connectivity index (χ0) is 21.1. The number of nitrogens with one attached hydrogen (secondary N) is 1. The second-order valence-corrected chi connectivity index (χ2v) is 7.42. The molecule has 0 amide bonds. The molecule has 1 N–H and O–H groups in total. The fraction of sp³-hybridized carbons (Fsp3) is 0.115. The van der Waals surface area contributed by atoms with E-state index >= 15 is 0 Å². The third-order valence-electron chi connectivity index (χ3n) is 5.09. The van der Waals surface area contributed by atoms with Gasteiger partial charge in [0.05, 0.1) is 11.6 Å². The number of nitriles is 1. The van der Waals surface area contributed by atoms with Crippen molar-refractivity contribution >= 4 is 28.6 Å². The van der Waals surface area contributed by atoms with Crippen LogP contribution >= 0.6 is 0 Å². The molecule has 0 bridgehead atoms. The van der Waals surface area contributed by atoms with Gasteiger partial charge >= 0.3 is 0 Å². The number of aryl methyl sites for hydroxylation is 3. The lowest BCUT2D eigenvalue weighted by Gasteiger charge is -2.14. The molecule has 0 aliphatic carbocycles. The van der Waals surface area contributed by atoms with Gasteiger partial charge in [-0.3, -0.25) is 0 Å². The molecule has 3 aromatic carbocycles. The van der Waals surface area contributed by atoms with E-state index in [-0.39, 0.29) is 0 Å². The van der Waals surface area contributed by atoms with Crippen LogP contribution in [0.2, 0.25) is 0 Å². The average molecular weight is 390 g/mol. The third-order valence-corrected chi connectivity index (χ3v) is 5.09. The Kier molecular flexibility index (Phi) is 5.28. The minimum Gasteiger partial charge on any atom is -0.324 e. The molecule has 4 heteroatoms. The van der Waals surface area contributed by atoms with Gasteiger partial charge in [-0.25, -0.2) is 9.97 Å². The number of para-hydroxylation sites is 1. The lowest BCUT2D eigenvalue weighted by atomic mass is 9.92. The Morgan fingerprint density at radius 1 is 0.967 bits per heavy atom. The van der Waals surface area contributed by atoms with E-state index in [9.17, 15) is 0 Å². The average Bonchev–Trinajstić information content (AvgIpc) is 2.74. The molecule has 30 heavy (non-hydrogen) atoms. The molecular formula is C26H22N4. The highest BCUT2D eigenvalue weighted by molar-refractivity contribution is 5.95. The summed E-state index contributed by atoms with van der Waals surface area (Å²) < 4.78 is 0. The normalized spacial score (nSPS) is 11.0. The Balaban J connectivity index is 1.81. The molecule has 4 rings (SSSR count). The molecule has 0 radical (unpaired) electrons. The zero-order valence-electron chi connectivity index (χ0n) is 17.3. The number of hydrogen-bond donors (Lipinski definition) is 1. The lowest BCUT2D eigenvalue weighted by molar-refractivity contribution is 1.21. The van der Waals surface area contributed by atoms with Crippen molar-refractivity contribution in [3.05, 3.63) is 89.1 Å². The summed E-state index contributed by atoms with van der Waals surface area (Å²) in [4.78, 5) is 9.33. The van der Waals surface area contributed by atoms with E-state index in [4.69, 9.17) is 10.2 Å². The second-order valence-electron chi connectivity index (χ2n) is 7.42. The number of fused-ring (bicyclic) bond motifs is 1. The topological polar surface area (TPSA) is 61.6 Å². The summed E-state index contributed by atoms with van der Waals surface area (Å²) in [5.41, 5.74) is 8.63. The first-order valence-electron chi connectivity index (χ1n) is 9.82. The summed E-state index contributed by atoms with van der Waals surface area (Å²) in [6.45, 7) is 6.25. The molecule has 0 fully saturated rings. The van der Waals surface area contributed by atoms with Gasteiger partial charge in [0, 0.05) is 28.9 Å². The van der Waals surface area contributed by atoms with E-state index in [1.807, 2.05) is 36.5 Å². The number of rotatable bonds is 4. The van der Waals surface area contributed by atoms with Crippen LogP contribution in [0.4, 0.5) is 11.6 Å². The Labute approximate surface area is 176 Å². The van der Waals surface area contributed by atoms with Gasteiger partial charge in [-0.1, -0.05) is 48.0 Å². The van der Waals surface area contributed by atoms with Crippen molar-refractivity contribution in [2.75, 3.05) is 5.32 Å². The molecule has 1 heterocycles. The van der Waals surface area contributed by atoms with Crippen molar-refractivity contribution in [1.82, 2.24) is 9.97 Å². The molecule has 0 aliphatic heterocycles. The largest absolute Gasteiger partial charge is 0.324 e. The Bertz CT molecular complexity index is 1270.